The molecular formula is C41H64N2O7. The topological polar surface area (TPSA) is 109 Å². The van der Waals surface area contributed by atoms with Crippen molar-refractivity contribution in [2.45, 2.75) is 155 Å². The molecule has 3 aliphatic heterocycles. The van der Waals surface area contributed by atoms with Crippen LogP contribution >= 0.6 is 0 Å². The van der Waals surface area contributed by atoms with E-state index in [2.05, 4.69) is 39.5 Å². The van der Waals surface area contributed by atoms with Gasteiger partial charge in [-0.1, -0.05) is 34.6 Å². The van der Waals surface area contributed by atoms with Crippen LogP contribution in [-0.2, 0) is 23.8 Å². The summed E-state index contributed by atoms with van der Waals surface area (Å²) in [6, 6.07) is -0.408. The van der Waals surface area contributed by atoms with Crippen molar-refractivity contribution in [3.63, 3.8) is 0 Å². The van der Waals surface area contributed by atoms with E-state index in [1.807, 2.05) is 4.90 Å². The Morgan fingerprint density at radius 3 is 2.46 bits per heavy atom. The molecule has 9 fully saturated rings. The SMILES string of the molecule is C[C@@H]1CC(CN2CCC[C@@H]2C(=O)O)OC2[C@H]1[C@@]1(C)CC[C@@]34C[C@@]35CC[C@H](O[C@H]3CN(C(=O)CC6CC6)CCO3)C(C)(C)[C@@H]5CCC4[C@]1(C)[C@H]2O. The first kappa shape index (κ1) is 34.5. The quantitative estimate of drug-likeness (QED) is 0.348. The van der Waals surface area contributed by atoms with Gasteiger partial charge in [-0.2, -0.15) is 0 Å². The van der Waals surface area contributed by atoms with Gasteiger partial charge in [0.2, 0.25) is 5.91 Å². The fourth-order valence-electron chi connectivity index (χ4n) is 15.1. The summed E-state index contributed by atoms with van der Waals surface area (Å²) in [5.74, 6) is 1.96. The number of aliphatic carboxylic acids is 1. The minimum absolute atomic E-state index is 0.00848. The molecule has 0 radical (unpaired) electrons. The average Bonchev–Trinajstić information content (AvgIpc) is 3.95. The molecule has 9 rings (SSSR count). The lowest BCUT2D eigenvalue weighted by molar-refractivity contribution is -0.248. The van der Waals surface area contributed by atoms with Gasteiger partial charge in [0, 0.05) is 24.9 Å². The van der Waals surface area contributed by atoms with Crippen LogP contribution in [0, 0.1) is 56.7 Å². The van der Waals surface area contributed by atoms with Gasteiger partial charge in [-0.3, -0.25) is 14.5 Å². The van der Waals surface area contributed by atoms with E-state index in [1.54, 1.807) is 0 Å². The predicted octanol–water partition coefficient (Wildman–Crippen LogP) is 5.72. The zero-order valence-corrected chi connectivity index (χ0v) is 31.4. The van der Waals surface area contributed by atoms with Crippen molar-refractivity contribution in [1.29, 1.82) is 0 Å². The number of likely N-dealkylation sites (tertiary alicyclic amines) is 1. The molecule has 3 unspecified atom stereocenters. The maximum Gasteiger partial charge on any atom is 0.320 e. The molecule has 0 aromatic heterocycles. The number of hydrogen-bond donors (Lipinski definition) is 2. The number of carbonyl (C=O) groups excluding carboxylic acids is 1. The summed E-state index contributed by atoms with van der Waals surface area (Å²) in [4.78, 5) is 29.0. The van der Waals surface area contributed by atoms with Crippen LogP contribution in [0.2, 0.25) is 0 Å². The van der Waals surface area contributed by atoms with Gasteiger partial charge in [0.1, 0.15) is 6.04 Å². The lowest BCUT2D eigenvalue weighted by Gasteiger charge is -2.64. The van der Waals surface area contributed by atoms with E-state index in [9.17, 15) is 19.8 Å². The van der Waals surface area contributed by atoms with E-state index in [-0.39, 0.29) is 52.2 Å². The Morgan fingerprint density at radius 1 is 0.940 bits per heavy atom. The summed E-state index contributed by atoms with van der Waals surface area (Å²) in [7, 11) is 0. The third-order valence-electron chi connectivity index (χ3n) is 17.8. The summed E-state index contributed by atoms with van der Waals surface area (Å²) < 4.78 is 20.0. The van der Waals surface area contributed by atoms with Crippen LogP contribution in [0.3, 0.4) is 0 Å². The van der Waals surface area contributed by atoms with Crippen LogP contribution in [0.25, 0.3) is 0 Å². The van der Waals surface area contributed by atoms with Crippen molar-refractivity contribution in [3.8, 4) is 0 Å². The van der Waals surface area contributed by atoms with Crippen molar-refractivity contribution >= 4 is 11.9 Å². The predicted molar refractivity (Wildman–Crippen MR) is 187 cm³/mol. The highest BCUT2D eigenvalue weighted by Crippen LogP contribution is 2.89. The van der Waals surface area contributed by atoms with E-state index in [0.717, 1.165) is 38.6 Å². The monoisotopic (exact) mass is 696 g/mol. The highest BCUT2D eigenvalue weighted by molar-refractivity contribution is 5.76. The van der Waals surface area contributed by atoms with E-state index >= 15 is 0 Å². The lowest BCUT2D eigenvalue weighted by Crippen LogP contribution is -2.60. The van der Waals surface area contributed by atoms with Crippen molar-refractivity contribution in [1.82, 2.24) is 9.80 Å². The van der Waals surface area contributed by atoms with Gasteiger partial charge in [0.05, 0.1) is 37.6 Å². The molecule has 6 saturated carbocycles. The number of ether oxygens (including phenoxy) is 3. The molecule has 14 atom stereocenters. The third-order valence-corrected chi connectivity index (χ3v) is 17.8. The average molecular weight is 697 g/mol. The summed E-state index contributed by atoms with van der Waals surface area (Å²) in [6.07, 6.45) is 12.9. The Hall–Kier alpha value is -1.26. The first-order chi connectivity index (χ1) is 23.7. The largest absolute Gasteiger partial charge is 0.480 e. The van der Waals surface area contributed by atoms with Crippen molar-refractivity contribution in [2.75, 3.05) is 32.8 Å². The molecule has 0 bridgehead atoms. The number of fused-ring (bicyclic) bond motifs is 4. The third kappa shape index (κ3) is 4.73. The lowest BCUT2D eigenvalue weighted by atomic mass is 9.41. The highest BCUT2D eigenvalue weighted by Gasteiger charge is 2.84. The fraction of sp³-hybridized carbons (Fsp3) is 0.951. The zero-order valence-electron chi connectivity index (χ0n) is 31.4. The second-order valence-electron chi connectivity index (χ2n) is 20.0. The standard InChI is InChI=1S/C41H64N2O7/c1-24-19-26(21-42-16-6-7-27(42)36(46)47)49-34-33(24)38(4)14-15-41-23-40(41)13-12-30(37(2,3)28(40)10-11-29(41)39(38,5)35(34)45)50-32-22-43(17-18-48-32)31(44)20-25-8-9-25/h24-30,32-35,45H,6-23H2,1-5H3,(H,46,47)/t24-,26?,27-,28+,29?,30+,32+,33+,34?,35+,38-,39-,40-,41+/m1/s1. The van der Waals surface area contributed by atoms with E-state index in [0.29, 0.717) is 74.1 Å². The van der Waals surface area contributed by atoms with Gasteiger partial charge < -0.3 is 29.3 Å². The van der Waals surface area contributed by atoms with Crippen LogP contribution < -0.4 is 0 Å². The number of carboxylic acids is 1. The molecule has 0 aromatic rings. The second kappa shape index (κ2) is 11.6. The number of carboxylic acid groups (broad SMARTS) is 1. The molecule has 9 aliphatic rings. The number of aliphatic hydroxyl groups excluding tert-OH is 1. The maximum atomic E-state index is 12.9. The van der Waals surface area contributed by atoms with E-state index < -0.39 is 18.1 Å². The second-order valence-corrected chi connectivity index (χ2v) is 20.0. The van der Waals surface area contributed by atoms with Gasteiger partial charge >= 0.3 is 5.97 Å². The number of hydrogen-bond acceptors (Lipinski definition) is 7. The van der Waals surface area contributed by atoms with E-state index in [1.165, 1.54) is 38.5 Å². The van der Waals surface area contributed by atoms with Gasteiger partial charge in [0.25, 0.3) is 0 Å². The number of aliphatic hydroxyl groups is 1. The fourth-order valence-corrected chi connectivity index (χ4v) is 15.1. The van der Waals surface area contributed by atoms with Crippen molar-refractivity contribution < 1.29 is 34.0 Å². The molecule has 6 aliphatic carbocycles. The van der Waals surface area contributed by atoms with Gasteiger partial charge in [-0.05, 0) is 135 Å². The van der Waals surface area contributed by atoms with Gasteiger partial charge in [0.15, 0.2) is 6.29 Å². The molecule has 280 valence electrons. The number of rotatable bonds is 7. The Morgan fingerprint density at radius 2 is 1.70 bits per heavy atom. The first-order valence-electron chi connectivity index (χ1n) is 20.6. The Balaban J connectivity index is 0.914. The molecular weight excluding hydrogens is 632 g/mol. The molecule has 9 nitrogen and oxygen atoms in total. The Kier molecular flexibility index (Phi) is 8.02. The van der Waals surface area contributed by atoms with E-state index in [4.69, 9.17) is 14.2 Å². The summed E-state index contributed by atoms with van der Waals surface area (Å²) in [6.45, 7) is 15.5. The number of morpholine rings is 1. The van der Waals surface area contributed by atoms with Gasteiger partial charge in [-0.15, -0.1) is 0 Å². The van der Waals surface area contributed by atoms with Crippen molar-refractivity contribution in [2.24, 2.45) is 56.7 Å². The summed E-state index contributed by atoms with van der Waals surface area (Å²) in [5, 5.41) is 22.4. The minimum atomic E-state index is -0.719. The number of carbonyl (C=O) groups is 2. The maximum absolute atomic E-state index is 12.9. The zero-order chi connectivity index (χ0) is 35.0. The first-order valence-corrected chi connectivity index (χ1v) is 20.6. The summed E-state index contributed by atoms with van der Waals surface area (Å²) in [5.41, 5.74) is 0.407. The molecule has 3 heterocycles. The minimum Gasteiger partial charge on any atom is -0.480 e. The molecule has 3 saturated heterocycles. The smallest absolute Gasteiger partial charge is 0.320 e. The molecule has 0 aromatic carbocycles. The molecule has 2 spiro atoms. The van der Waals surface area contributed by atoms with Gasteiger partial charge in [-0.25, -0.2) is 0 Å². The van der Waals surface area contributed by atoms with Crippen molar-refractivity contribution in [3.05, 3.63) is 0 Å². The van der Waals surface area contributed by atoms with Crippen LogP contribution in [0.5, 0.6) is 0 Å². The van der Waals surface area contributed by atoms with Crippen LogP contribution in [0.1, 0.15) is 118 Å². The Bertz CT molecular complexity index is 1390. The number of amides is 1. The molecule has 1 amide bonds. The molecule has 9 heteroatoms. The molecule has 2 N–H and O–H groups in total. The van der Waals surface area contributed by atoms with Crippen LogP contribution in [0.4, 0.5) is 0 Å². The molecule has 50 heavy (non-hydrogen) atoms. The van der Waals surface area contributed by atoms with Crippen LogP contribution in [0.15, 0.2) is 0 Å². The Labute approximate surface area is 299 Å². The summed E-state index contributed by atoms with van der Waals surface area (Å²) >= 11 is 0. The van der Waals surface area contributed by atoms with Crippen LogP contribution in [-0.4, -0.2) is 101 Å². The number of nitrogens with zero attached hydrogens (tertiary/aromatic N) is 2. The normalized spacial score (nSPS) is 52.3. The highest BCUT2D eigenvalue weighted by atomic mass is 16.7.